The lowest BCUT2D eigenvalue weighted by Crippen LogP contribution is -2.41. The highest BCUT2D eigenvalue weighted by Gasteiger charge is 2.36. The molecule has 8 heteroatoms. The first-order valence-electron chi connectivity index (χ1n) is 10.8. The highest BCUT2D eigenvalue weighted by atomic mass is 32.2. The van der Waals surface area contributed by atoms with Crippen LogP contribution >= 0.6 is 0 Å². The van der Waals surface area contributed by atoms with Crippen LogP contribution in [-0.4, -0.2) is 60.4 Å². The van der Waals surface area contributed by atoms with Crippen LogP contribution in [0.4, 0.5) is 0 Å². The standard InChI is InChI=1S/C22H38N2O4SSi/c1-19-10-12-20(13-11-19)29(25,26)23-21(24-14-17-27-18-15-24)9-7-8-16-28-30(5,6)22(2,3)4/h10-13H,7-9,14-18H2,1-6H3/b23-21+. The number of rotatable bonds is 8. The van der Waals surface area contributed by atoms with Gasteiger partial charge in [0.25, 0.3) is 10.0 Å². The average molecular weight is 455 g/mol. The van der Waals surface area contributed by atoms with Gasteiger partial charge in [0.15, 0.2) is 8.32 Å². The molecule has 0 N–H and O–H groups in total. The van der Waals surface area contributed by atoms with E-state index in [4.69, 9.17) is 9.16 Å². The molecule has 0 saturated carbocycles. The predicted octanol–water partition coefficient (Wildman–Crippen LogP) is 4.61. The van der Waals surface area contributed by atoms with E-state index in [0.29, 0.717) is 45.2 Å². The van der Waals surface area contributed by atoms with E-state index in [-0.39, 0.29) is 9.93 Å². The zero-order chi connectivity index (χ0) is 22.4. The van der Waals surface area contributed by atoms with Crippen LogP contribution in [0.3, 0.4) is 0 Å². The third-order valence-corrected chi connectivity index (χ3v) is 11.8. The highest BCUT2D eigenvalue weighted by Crippen LogP contribution is 2.36. The van der Waals surface area contributed by atoms with Gasteiger partial charge in [0.05, 0.1) is 18.1 Å². The first-order chi connectivity index (χ1) is 13.9. The Morgan fingerprint density at radius 1 is 1.13 bits per heavy atom. The minimum absolute atomic E-state index is 0.190. The lowest BCUT2D eigenvalue weighted by molar-refractivity contribution is 0.0672. The summed E-state index contributed by atoms with van der Waals surface area (Å²) in [4.78, 5) is 2.28. The average Bonchev–Trinajstić information content (AvgIpc) is 2.67. The van der Waals surface area contributed by atoms with Gasteiger partial charge in [0, 0.05) is 26.1 Å². The van der Waals surface area contributed by atoms with Crippen molar-refractivity contribution in [3.05, 3.63) is 29.8 Å². The molecular weight excluding hydrogens is 416 g/mol. The van der Waals surface area contributed by atoms with Crippen molar-refractivity contribution in [2.45, 2.75) is 70.0 Å². The Balaban J connectivity index is 2.05. The molecule has 1 aliphatic rings. The summed E-state index contributed by atoms with van der Waals surface area (Å²) in [6, 6.07) is 6.85. The summed E-state index contributed by atoms with van der Waals surface area (Å²) in [5.41, 5.74) is 1.02. The van der Waals surface area contributed by atoms with E-state index in [2.05, 4.69) is 38.3 Å². The molecule has 170 valence electrons. The van der Waals surface area contributed by atoms with Crippen LogP contribution in [0.5, 0.6) is 0 Å². The second-order valence-corrected chi connectivity index (χ2v) is 15.9. The van der Waals surface area contributed by atoms with Crippen molar-refractivity contribution in [2.75, 3.05) is 32.9 Å². The smallest absolute Gasteiger partial charge is 0.283 e. The molecule has 0 atom stereocenters. The van der Waals surface area contributed by atoms with E-state index in [0.717, 1.165) is 18.4 Å². The fourth-order valence-corrected chi connectivity index (χ4v) is 5.07. The van der Waals surface area contributed by atoms with Crippen LogP contribution < -0.4 is 0 Å². The van der Waals surface area contributed by atoms with Crippen LogP contribution in [-0.2, 0) is 19.2 Å². The number of nitrogens with zero attached hydrogens (tertiary/aromatic N) is 2. The summed E-state index contributed by atoms with van der Waals surface area (Å²) in [7, 11) is -5.48. The summed E-state index contributed by atoms with van der Waals surface area (Å²) < 4.78 is 41.6. The van der Waals surface area contributed by atoms with Crippen molar-refractivity contribution in [3.8, 4) is 0 Å². The van der Waals surface area contributed by atoms with Crippen molar-refractivity contribution in [2.24, 2.45) is 4.40 Å². The van der Waals surface area contributed by atoms with Gasteiger partial charge in [0.2, 0.25) is 0 Å². The summed E-state index contributed by atoms with van der Waals surface area (Å²) in [5, 5.41) is 0.190. The fraction of sp³-hybridized carbons (Fsp3) is 0.682. The highest BCUT2D eigenvalue weighted by molar-refractivity contribution is 7.90. The van der Waals surface area contributed by atoms with Gasteiger partial charge < -0.3 is 14.1 Å². The summed E-state index contributed by atoms with van der Waals surface area (Å²) >= 11 is 0. The number of unbranched alkanes of at least 4 members (excludes halogenated alkanes) is 1. The maximum atomic E-state index is 12.9. The van der Waals surface area contributed by atoms with Gasteiger partial charge in [-0.25, -0.2) is 0 Å². The molecular formula is C22H38N2O4SSi. The molecule has 1 aromatic rings. The molecule has 0 unspecified atom stereocenters. The van der Waals surface area contributed by atoms with Crippen molar-refractivity contribution >= 4 is 24.2 Å². The number of aryl methyl sites for hydroxylation is 1. The van der Waals surface area contributed by atoms with Gasteiger partial charge >= 0.3 is 0 Å². The maximum Gasteiger partial charge on any atom is 0.283 e. The number of hydrogen-bond acceptors (Lipinski definition) is 4. The third-order valence-electron chi connectivity index (χ3n) is 5.98. The molecule has 30 heavy (non-hydrogen) atoms. The van der Waals surface area contributed by atoms with Crippen LogP contribution in [0.2, 0.25) is 18.1 Å². The molecule has 0 radical (unpaired) electrons. The first-order valence-corrected chi connectivity index (χ1v) is 15.1. The molecule has 1 aromatic carbocycles. The van der Waals surface area contributed by atoms with Gasteiger partial charge in [-0.15, -0.1) is 4.40 Å². The second-order valence-electron chi connectivity index (χ2n) is 9.46. The Morgan fingerprint density at radius 3 is 2.30 bits per heavy atom. The van der Waals surface area contributed by atoms with Crippen molar-refractivity contribution in [1.29, 1.82) is 0 Å². The van der Waals surface area contributed by atoms with Crippen molar-refractivity contribution in [1.82, 2.24) is 4.90 Å². The topological polar surface area (TPSA) is 68.2 Å². The van der Waals surface area contributed by atoms with E-state index in [1.807, 2.05) is 11.8 Å². The van der Waals surface area contributed by atoms with Crippen LogP contribution in [0.1, 0.15) is 45.6 Å². The van der Waals surface area contributed by atoms with Gasteiger partial charge in [-0.05, 0) is 50.0 Å². The summed E-state index contributed by atoms with van der Waals surface area (Å²) in [6.07, 6.45) is 2.35. The van der Waals surface area contributed by atoms with Gasteiger partial charge in [-0.1, -0.05) is 38.5 Å². The minimum Gasteiger partial charge on any atom is -0.417 e. The van der Waals surface area contributed by atoms with Gasteiger partial charge in [0.1, 0.15) is 5.84 Å². The van der Waals surface area contributed by atoms with Gasteiger partial charge in [-0.2, -0.15) is 8.42 Å². The fourth-order valence-electron chi connectivity index (χ4n) is 2.91. The molecule has 1 saturated heterocycles. The number of ether oxygens (including phenoxy) is 1. The minimum atomic E-state index is -3.73. The predicted molar refractivity (Wildman–Crippen MR) is 125 cm³/mol. The number of amidine groups is 1. The Labute approximate surface area is 183 Å². The lowest BCUT2D eigenvalue weighted by atomic mass is 10.2. The Morgan fingerprint density at radius 2 is 1.73 bits per heavy atom. The number of hydrogen-bond donors (Lipinski definition) is 0. The van der Waals surface area contributed by atoms with E-state index in [9.17, 15) is 8.42 Å². The van der Waals surface area contributed by atoms with E-state index in [1.165, 1.54) is 0 Å². The molecule has 0 aliphatic carbocycles. The third kappa shape index (κ3) is 7.18. The molecule has 1 heterocycles. The molecule has 2 rings (SSSR count). The van der Waals surface area contributed by atoms with E-state index >= 15 is 0 Å². The molecule has 1 fully saturated rings. The van der Waals surface area contributed by atoms with E-state index in [1.54, 1.807) is 24.3 Å². The maximum absolute atomic E-state index is 12.9. The molecule has 0 aromatic heterocycles. The van der Waals surface area contributed by atoms with Crippen LogP contribution in [0.25, 0.3) is 0 Å². The van der Waals surface area contributed by atoms with Crippen molar-refractivity contribution in [3.63, 3.8) is 0 Å². The van der Waals surface area contributed by atoms with Crippen LogP contribution in [0.15, 0.2) is 33.6 Å². The quantitative estimate of drug-likeness (QED) is 0.248. The summed E-state index contributed by atoms with van der Waals surface area (Å²) in [6.45, 7) is 16.4. The molecule has 0 spiro atoms. The largest absolute Gasteiger partial charge is 0.417 e. The Bertz CT molecular complexity index is 809. The first kappa shape index (κ1) is 25.0. The summed E-state index contributed by atoms with van der Waals surface area (Å²) in [5.74, 6) is 0.631. The normalized spacial score (nSPS) is 16.7. The zero-order valence-electron chi connectivity index (χ0n) is 19.4. The Hall–Kier alpha value is -1.22. The Kier molecular flexibility index (Phi) is 8.67. The number of morpholine rings is 1. The number of benzene rings is 1. The monoisotopic (exact) mass is 454 g/mol. The SMILES string of the molecule is Cc1ccc(S(=O)(=O)/N=C(\CCCCO[Si](C)(C)C(C)(C)C)N2CCOCC2)cc1. The number of sulfonamides is 1. The molecule has 0 amide bonds. The molecule has 6 nitrogen and oxygen atoms in total. The van der Waals surface area contributed by atoms with Gasteiger partial charge in [-0.3, -0.25) is 0 Å². The molecule has 0 bridgehead atoms. The van der Waals surface area contributed by atoms with E-state index < -0.39 is 18.3 Å². The lowest BCUT2D eigenvalue weighted by Gasteiger charge is -2.36. The van der Waals surface area contributed by atoms with Crippen LogP contribution in [0, 0.1) is 6.92 Å². The molecule has 1 aliphatic heterocycles. The van der Waals surface area contributed by atoms with Crippen molar-refractivity contribution < 1.29 is 17.6 Å². The zero-order valence-corrected chi connectivity index (χ0v) is 21.2. The second kappa shape index (κ2) is 10.4.